The Kier molecular flexibility index (Phi) is 22.1. The Morgan fingerprint density at radius 3 is 1.73 bits per heavy atom. The first-order valence-electron chi connectivity index (χ1n) is 12.9. The normalized spacial score (nSPS) is 13.6. The first-order chi connectivity index (χ1) is 14.7. The highest BCUT2D eigenvalue weighted by Gasteiger charge is 2.17. The maximum Gasteiger partial charge on any atom is 0.220 e. The Morgan fingerprint density at radius 1 is 0.767 bits per heavy atom. The molecular weight excluding hydrogens is 374 g/mol. The lowest BCUT2D eigenvalue weighted by molar-refractivity contribution is -0.123. The number of hydrogen-bond acceptors (Lipinski definition) is 3. The third kappa shape index (κ3) is 19.1. The zero-order valence-electron chi connectivity index (χ0n) is 20.0. The Balaban J connectivity index is 3.69. The minimum Gasteiger partial charge on any atom is -0.394 e. The zero-order chi connectivity index (χ0) is 22.3. The average molecular weight is 426 g/mol. The highest BCUT2D eigenvalue weighted by atomic mass is 16.3. The van der Waals surface area contributed by atoms with Gasteiger partial charge in [0.1, 0.15) is 0 Å². The van der Waals surface area contributed by atoms with Crippen molar-refractivity contribution in [2.45, 2.75) is 142 Å². The molecule has 178 valence electrons. The lowest BCUT2D eigenvalue weighted by Crippen LogP contribution is -2.45. The summed E-state index contributed by atoms with van der Waals surface area (Å²) in [5.41, 5.74) is 0. The van der Waals surface area contributed by atoms with E-state index in [1.807, 2.05) is 6.08 Å². The number of rotatable bonds is 22. The van der Waals surface area contributed by atoms with E-state index in [0.29, 0.717) is 6.42 Å². The second kappa shape index (κ2) is 22.8. The maximum atomic E-state index is 12.0. The minimum absolute atomic E-state index is 0.0802. The summed E-state index contributed by atoms with van der Waals surface area (Å²) in [5, 5.41) is 22.5. The standard InChI is InChI=1S/C26H51NO3/c1-3-5-7-9-10-11-12-13-14-15-16-18-19-21-25(29)24(23-28)27-26(30)22-20-17-8-6-4-2/h19,21,24-25,28-29H,3-18,20,22-23H2,1-2H3,(H,27,30)/t24-,25-/m0/s1. The van der Waals surface area contributed by atoms with E-state index < -0.39 is 12.1 Å². The lowest BCUT2D eigenvalue weighted by atomic mass is 10.0. The van der Waals surface area contributed by atoms with Gasteiger partial charge in [-0.25, -0.2) is 0 Å². The molecule has 0 unspecified atom stereocenters. The van der Waals surface area contributed by atoms with Gasteiger partial charge in [0.05, 0.1) is 18.8 Å². The number of allylic oxidation sites excluding steroid dienone is 1. The van der Waals surface area contributed by atoms with Crippen LogP contribution in [0.4, 0.5) is 0 Å². The molecule has 4 nitrogen and oxygen atoms in total. The lowest BCUT2D eigenvalue weighted by Gasteiger charge is -2.20. The fourth-order valence-electron chi connectivity index (χ4n) is 3.70. The summed E-state index contributed by atoms with van der Waals surface area (Å²) in [6.45, 7) is 4.19. The molecule has 0 aromatic rings. The minimum atomic E-state index is -0.827. The van der Waals surface area contributed by atoms with Gasteiger partial charge in [-0.05, 0) is 19.3 Å². The number of aliphatic hydroxyl groups is 2. The molecule has 0 saturated carbocycles. The summed E-state index contributed by atoms with van der Waals surface area (Å²) in [6, 6.07) is -0.610. The topological polar surface area (TPSA) is 69.6 Å². The van der Waals surface area contributed by atoms with Crippen LogP contribution < -0.4 is 5.32 Å². The molecule has 0 radical (unpaired) electrons. The largest absolute Gasteiger partial charge is 0.394 e. The van der Waals surface area contributed by atoms with Gasteiger partial charge in [0.2, 0.25) is 5.91 Å². The molecule has 2 atom stereocenters. The second-order valence-electron chi connectivity index (χ2n) is 8.76. The molecule has 0 rings (SSSR count). The molecule has 0 aromatic heterocycles. The molecule has 1 amide bonds. The van der Waals surface area contributed by atoms with Gasteiger partial charge in [0, 0.05) is 6.42 Å². The first kappa shape index (κ1) is 29.1. The number of carbonyl (C=O) groups is 1. The summed E-state index contributed by atoms with van der Waals surface area (Å²) < 4.78 is 0. The number of nitrogens with one attached hydrogen (secondary N) is 1. The third-order valence-electron chi connectivity index (χ3n) is 5.77. The molecule has 0 aliphatic carbocycles. The summed E-state index contributed by atoms with van der Waals surface area (Å²) in [4.78, 5) is 12.0. The first-order valence-corrected chi connectivity index (χ1v) is 12.9. The molecule has 0 aliphatic heterocycles. The van der Waals surface area contributed by atoms with Crippen LogP contribution in [0.2, 0.25) is 0 Å². The highest BCUT2D eigenvalue weighted by Crippen LogP contribution is 2.12. The molecule has 3 N–H and O–H groups in total. The number of aliphatic hydroxyl groups excluding tert-OH is 2. The van der Waals surface area contributed by atoms with Crippen LogP contribution in [0, 0.1) is 0 Å². The number of unbranched alkanes of at least 4 members (excludes halogenated alkanes) is 15. The van der Waals surface area contributed by atoms with Crippen LogP contribution in [0.25, 0.3) is 0 Å². The van der Waals surface area contributed by atoms with Crippen LogP contribution in [0.5, 0.6) is 0 Å². The average Bonchev–Trinajstić information content (AvgIpc) is 2.75. The van der Waals surface area contributed by atoms with E-state index in [-0.39, 0.29) is 12.5 Å². The van der Waals surface area contributed by atoms with Crippen molar-refractivity contribution >= 4 is 5.91 Å². The van der Waals surface area contributed by atoms with E-state index in [0.717, 1.165) is 32.1 Å². The monoisotopic (exact) mass is 425 g/mol. The van der Waals surface area contributed by atoms with Gasteiger partial charge in [-0.15, -0.1) is 0 Å². The van der Waals surface area contributed by atoms with Crippen LogP contribution in [0.3, 0.4) is 0 Å². The predicted octanol–water partition coefficient (Wildman–Crippen LogP) is 6.44. The zero-order valence-corrected chi connectivity index (χ0v) is 20.0. The fourth-order valence-corrected chi connectivity index (χ4v) is 3.70. The molecular formula is C26H51NO3. The third-order valence-corrected chi connectivity index (χ3v) is 5.77. The molecule has 0 saturated heterocycles. The second-order valence-corrected chi connectivity index (χ2v) is 8.76. The van der Waals surface area contributed by atoms with Crippen molar-refractivity contribution in [1.29, 1.82) is 0 Å². The molecule has 0 fully saturated rings. The van der Waals surface area contributed by atoms with Gasteiger partial charge in [-0.3, -0.25) is 4.79 Å². The van der Waals surface area contributed by atoms with Crippen molar-refractivity contribution in [3.05, 3.63) is 12.2 Å². The molecule has 0 heterocycles. The van der Waals surface area contributed by atoms with Crippen molar-refractivity contribution in [3.63, 3.8) is 0 Å². The van der Waals surface area contributed by atoms with E-state index in [4.69, 9.17) is 0 Å². The van der Waals surface area contributed by atoms with Crippen LogP contribution in [-0.2, 0) is 4.79 Å². The Hall–Kier alpha value is -0.870. The van der Waals surface area contributed by atoms with E-state index in [1.54, 1.807) is 6.08 Å². The Morgan fingerprint density at radius 2 is 1.23 bits per heavy atom. The fraction of sp³-hybridized carbons (Fsp3) is 0.885. The predicted molar refractivity (Wildman–Crippen MR) is 129 cm³/mol. The van der Waals surface area contributed by atoms with Crippen molar-refractivity contribution in [2.75, 3.05) is 6.61 Å². The Labute approximate surface area is 186 Å². The molecule has 30 heavy (non-hydrogen) atoms. The van der Waals surface area contributed by atoms with E-state index in [1.165, 1.54) is 77.0 Å². The van der Waals surface area contributed by atoms with Crippen LogP contribution in [0.15, 0.2) is 12.2 Å². The van der Waals surface area contributed by atoms with Crippen LogP contribution in [0.1, 0.15) is 129 Å². The summed E-state index contributed by atoms with van der Waals surface area (Å²) >= 11 is 0. The van der Waals surface area contributed by atoms with Crippen LogP contribution in [-0.4, -0.2) is 34.9 Å². The number of hydrogen-bond donors (Lipinski definition) is 3. The number of carbonyl (C=O) groups excluding carboxylic acids is 1. The molecule has 0 aromatic carbocycles. The van der Waals surface area contributed by atoms with Gasteiger partial charge in [0.15, 0.2) is 0 Å². The van der Waals surface area contributed by atoms with Gasteiger partial charge >= 0.3 is 0 Å². The Bertz CT molecular complexity index is 398. The van der Waals surface area contributed by atoms with E-state index in [9.17, 15) is 15.0 Å². The molecule has 0 bridgehead atoms. The van der Waals surface area contributed by atoms with Crippen molar-refractivity contribution in [3.8, 4) is 0 Å². The number of amides is 1. The van der Waals surface area contributed by atoms with Crippen LogP contribution >= 0.6 is 0 Å². The van der Waals surface area contributed by atoms with E-state index >= 15 is 0 Å². The van der Waals surface area contributed by atoms with Gasteiger partial charge in [-0.2, -0.15) is 0 Å². The molecule has 0 aliphatic rings. The van der Waals surface area contributed by atoms with Crippen molar-refractivity contribution in [2.24, 2.45) is 0 Å². The summed E-state index contributed by atoms with van der Waals surface area (Å²) in [6.07, 6.45) is 24.4. The smallest absolute Gasteiger partial charge is 0.220 e. The molecule has 0 spiro atoms. The highest BCUT2D eigenvalue weighted by molar-refractivity contribution is 5.76. The van der Waals surface area contributed by atoms with Gasteiger partial charge < -0.3 is 15.5 Å². The molecule has 4 heteroatoms. The van der Waals surface area contributed by atoms with Gasteiger partial charge in [0.25, 0.3) is 0 Å². The SMILES string of the molecule is CCCCCCCCCCCCCC=C[C@H](O)[C@H](CO)NC(=O)CCCCCCC. The van der Waals surface area contributed by atoms with Gasteiger partial charge in [-0.1, -0.05) is 116 Å². The van der Waals surface area contributed by atoms with Crippen molar-refractivity contribution < 1.29 is 15.0 Å². The van der Waals surface area contributed by atoms with Crippen molar-refractivity contribution in [1.82, 2.24) is 5.32 Å². The van der Waals surface area contributed by atoms with E-state index in [2.05, 4.69) is 19.2 Å². The quantitative estimate of drug-likeness (QED) is 0.138. The summed E-state index contributed by atoms with van der Waals surface area (Å²) in [5.74, 6) is -0.0802. The maximum absolute atomic E-state index is 12.0. The summed E-state index contributed by atoms with van der Waals surface area (Å²) in [7, 11) is 0.